The van der Waals surface area contributed by atoms with Crippen molar-refractivity contribution >= 4 is 17.2 Å². The maximum Gasteiger partial charge on any atom is 0.223 e. The van der Waals surface area contributed by atoms with E-state index in [-0.39, 0.29) is 11.8 Å². The van der Waals surface area contributed by atoms with Crippen LogP contribution in [0, 0.1) is 12.8 Å². The molecule has 0 unspecified atom stereocenters. The number of hydrogen-bond acceptors (Lipinski definition) is 6. The Kier molecular flexibility index (Phi) is 5.63. The first kappa shape index (κ1) is 16.8. The summed E-state index contributed by atoms with van der Waals surface area (Å²) in [6.07, 6.45) is 2.11. The lowest BCUT2D eigenvalue weighted by molar-refractivity contribution is -0.122. The molecule has 23 heavy (non-hydrogen) atoms. The van der Waals surface area contributed by atoms with Gasteiger partial charge in [-0.2, -0.15) is 0 Å². The Morgan fingerprint density at radius 3 is 2.83 bits per heavy atom. The van der Waals surface area contributed by atoms with Crippen molar-refractivity contribution in [1.82, 2.24) is 14.8 Å². The van der Waals surface area contributed by atoms with Gasteiger partial charge < -0.3 is 10.5 Å². The van der Waals surface area contributed by atoms with Crippen molar-refractivity contribution in [3.8, 4) is 0 Å². The van der Waals surface area contributed by atoms with E-state index >= 15 is 0 Å². The first-order chi connectivity index (χ1) is 11.1. The zero-order valence-corrected chi connectivity index (χ0v) is 14.6. The van der Waals surface area contributed by atoms with Crippen molar-refractivity contribution in [2.75, 3.05) is 39.4 Å². The van der Waals surface area contributed by atoms with E-state index in [2.05, 4.69) is 14.8 Å². The molecule has 3 heterocycles. The van der Waals surface area contributed by atoms with Crippen LogP contribution < -0.4 is 5.73 Å². The molecule has 1 amide bonds. The van der Waals surface area contributed by atoms with Crippen LogP contribution in [-0.2, 0) is 16.1 Å². The summed E-state index contributed by atoms with van der Waals surface area (Å²) >= 11 is 1.69. The van der Waals surface area contributed by atoms with Crippen molar-refractivity contribution < 1.29 is 9.53 Å². The molecule has 2 N–H and O–H groups in total. The van der Waals surface area contributed by atoms with E-state index in [1.54, 1.807) is 11.3 Å². The van der Waals surface area contributed by atoms with Gasteiger partial charge in [-0.1, -0.05) is 0 Å². The number of nitrogens with two attached hydrogens (primary N) is 1. The molecule has 0 aliphatic carbocycles. The summed E-state index contributed by atoms with van der Waals surface area (Å²) < 4.78 is 5.47. The van der Waals surface area contributed by atoms with Crippen LogP contribution in [0.2, 0.25) is 0 Å². The molecule has 0 aromatic carbocycles. The number of carbonyl (C=O) groups is 1. The Morgan fingerprint density at radius 1 is 1.39 bits per heavy atom. The fourth-order valence-electron chi connectivity index (χ4n) is 3.49. The smallest absolute Gasteiger partial charge is 0.223 e. The van der Waals surface area contributed by atoms with Gasteiger partial charge in [-0.15, -0.1) is 11.3 Å². The maximum atomic E-state index is 11.9. The topological polar surface area (TPSA) is 71.7 Å². The average Bonchev–Trinajstić information content (AvgIpc) is 2.83. The predicted octanol–water partition coefficient (Wildman–Crippen LogP) is 0.850. The van der Waals surface area contributed by atoms with Crippen LogP contribution in [0.4, 0.5) is 0 Å². The van der Waals surface area contributed by atoms with E-state index in [0.717, 1.165) is 64.5 Å². The maximum absolute atomic E-state index is 11.9. The lowest BCUT2D eigenvalue weighted by atomic mass is 10.0. The lowest BCUT2D eigenvalue weighted by Crippen LogP contribution is -2.44. The van der Waals surface area contributed by atoms with E-state index in [1.807, 2.05) is 12.4 Å². The molecular formula is C16H26N4O2S. The van der Waals surface area contributed by atoms with Gasteiger partial charge in [-0.3, -0.25) is 14.6 Å². The number of aryl methyl sites for hydroxylation is 1. The second-order valence-electron chi connectivity index (χ2n) is 6.53. The molecule has 1 aromatic heterocycles. The van der Waals surface area contributed by atoms with Crippen LogP contribution in [0.15, 0.2) is 5.51 Å². The molecule has 128 valence electrons. The van der Waals surface area contributed by atoms with Gasteiger partial charge in [0, 0.05) is 56.9 Å². The largest absolute Gasteiger partial charge is 0.381 e. The van der Waals surface area contributed by atoms with E-state index in [1.165, 1.54) is 4.88 Å². The highest BCUT2D eigenvalue weighted by Gasteiger charge is 2.31. The molecule has 6 nitrogen and oxygen atoms in total. The molecule has 0 radical (unpaired) electrons. The normalized spacial score (nSPS) is 25.3. The average molecular weight is 338 g/mol. The molecular weight excluding hydrogens is 312 g/mol. The quantitative estimate of drug-likeness (QED) is 0.881. The Labute approximate surface area is 141 Å². The summed E-state index contributed by atoms with van der Waals surface area (Å²) in [6.45, 7) is 8.04. The number of nitrogens with zero attached hydrogens (tertiary/aromatic N) is 3. The summed E-state index contributed by atoms with van der Waals surface area (Å²) in [4.78, 5) is 22.3. The van der Waals surface area contributed by atoms with Crippen molar-refractivity contribution in [3.05, 3.63) is 16.1 Å². The van der Waals surface area contributed by atoms with Crippen LogP contribution in [0.1, 0.15) is 23.4 Å². The number of primary amides is 1. The summed E-state index contributed by atoms with van der Waals surface area (Å²) in [5.41, 5.74) is 8.65. The van der Waals surface area contributed by atoms with Gasteiger partial charge in [0.05, 0.1) is 17.1 Å². The highest BCUT2D eigenvalue weighted by atomic mass is 32.1. The molecule has 2 saturated heterocycles. The Hall–Kier alpha value is -1.02. The lowest BCUT2D eigenvalue weighted by Gasteiger charge is -2.34. The number of rotatable bonds is 4. The number of ether oxygens (including phenoxy) is 1. The summed E-state index contributed by atoms with van der Waals surface area (Å²) in [5.74, 6) is -0.288. The van der Waals surface area contributed by atoms with Gasteiger partial charge in [0.2, 0.25) is 5.91 Å². The Bertz CT molecular complexity index is 530. The highest BCUT2D eigenvalue weighted by molar-refractivity contribution is 7.09. The van der Waals surface area contributed by atoms with Crippen molar-refractivity contribution in [3.63, 3.8) is 0 Å². The molecule has 0 spiro atoms. The molecule has 0 saturated carbocycles. The first-order valence-corrected chi connectivity index (χ1v) is 9.24. The molecule has 7 heteroatoms. The van der Waals surface area contributed by atoms with Gasteiger partial charge in [-0.25, -0.2) is 4.98 Å². The molecule has 2 aliphatic heterocycles. The fraction of sp³-hybridized carbons (Fsp3) is 0.750. The van der Waals surface area contributed by atoms with Crippen LogP contribution in [-0.4, -0.2) is 66.1 Å². The van der Waals surface area contributed by atoms with E-state index in [9.17, 15) is 4.79 Å². The second-order valence-corrected chi connectivity index (χ2v) is 7.47. The van der Waals surface area contributed by atoms with Gasteiger partial charge in [0.15, 0.2) is 0 Å². The Morgan fingerprint density at radius 2 is 2.17 bits per heavy atom. The second kappa shape index (κ2) is 7.70. The molecule has 2 fully saturated rings. The minimum Gasteiger partial charge on any atom is -0.381 e. The Balaban J connectivity index is 1.67. The van der Waals surface area contributed by atoms with Crippen molar-refractivity contribution in [1.29, 1.82) is 0 Å². The van der Waals surface area contributed by atoms with Gasteiger partial charge >= 0.3 is 0 Å². The van der Waals surface area contributed by atoms with Gasteiger partial charge in [0.25, 0.3) is 0 Å². The number of thiazole rings is 1. The number of hydrogen-bond donors (Lipinski definition) is 1. The molecule has 1 aromatic rings. The third kappa shape index (κ3) is 4.29. The van der Waals surface area contributed by atoms with Crippen molar-refractivity contribution in [2.45, 2.75) is 32.4 Å². The highest BCUT2D eigenvalue weighted by Crippen LogP contribution is 2.21. The molecule has 0 bridgehead atoms. The zero-order valence-electron chi connectivity index (χ0n) is 13.7. The number of carbonyl (C=O) groups excluding carboxylic acids is 1. The zero-order chi connectivity index (χ0) is 16.2. The van der Waals surface area contributed by atoms with Crippen molar-refractivity contribution in [2.24, 2.45) is 11.7 Å². The third-order valence-corrected chi connectivity index (χ3v) is 5.88. The van der Waals surface area contributed by atoms with E-state index < -0.39 is 0 Å². The molecule has 2 aliphatic rings. The summed E-state index contributed by atoms with van der Waals surface area (Å²) in [5, 5.41) is 0. The van der Waals surface area contributed by atoms with E-state index in [0.29, 0.717) is 6.04 Å². The van der Waals surface area contributed by atoms with E-state index in [4.69, 9.17) is 10.5 Å². The van der Waals surface area contributed by atoms with Crippen LogP contribution >= 0.6 is 11.3 Å². The van der Waals surface area contributed by atoms with Crippen LogP contribution in [0.3, 0.4) is 0 Å². The fourth-order valence-corrected chi connectivity index (χ4v) is 4.31. The first-order valence-electron chi connectivity index (χ1n) is 8.36. The van der Waals surface area contributed by atoms with Crippen LogP contribution in [0.25, 0.3) is 0 Å². The van der Waals surface area contributed by atoms with Gasteiger partial charge in [-0.05, 0) is 19.8 Å². The summed E-state index contributed by atoms with van der Waals surface area (Å²) in [6, 6.07) is 0.524. The third-order valence-electron chi connectivity index (χ3n) is 4.96. The predicted molar refractivity (Wildman–Crippen MR) is 90.2 cm³/mol. The standard InChI is InChI=1S/C16H26N4O2S/c1-12-15(23-11-18-12)10-19-4-5-20(9-13(8-19)16(17)21)14-2-6-22-7-3-14/h11,13-14H,2-10H2,1H3,(H2,17,21)/t13-/m1/s1. The van der Waals surface area contributed by atoms with Gasteiger partial charge in [0.1, 0.15) is 0 Å². The van der Waals surface area contributed by atoms with Crippen LogP contribution in [0.5, 0.6) is 0 Å². The monoisotopic (exact) mass is 338 g/mol. The minimum atomic E-state index is -0.185. The minimum absolute atomic E-state index is 0.103. The molecule has 1 atom stereocenters. The SMILES string of the molecule is Cc1ncsc1CN1CCN(C2CCOCC2)C[C@H](C(N)=O)C1. The summed E-state index contributed by atoms with van der Waals surface area (Å²) in [7, 11) is 0. The molecule has 3 rings (SSSR count). The number of amides is 1. The number of aromatic nitrogens is 1.